The average Bonchev–Trinajstić information content (AvgIpc) is 3.10. The number of hydrogen-bond donors (Lipinski definition) is 0. The number of fused-ring (bicyclic) bond motifs is 1. The first-order valence-electron chi connectivity index (χ1n) is 12.1. The molecule has 0 radical (unpaired) electrons. The molecular formula is C25H34N4O2. The second-order valence-corrected chi connectivity index (χ2v) is 9.37. The second-order valence-electron chi connectivity index (χ2n) is 9.37. The molecule has 1 aromatic carbocycles. The van der Waals surface area contributed by atoms with E-state index in [0.29, 0.717) is 17.9 Å². The maximum atomic E-state index is 13.4. The van der Waals surface area contributed by atoms with Gasteiger partial charge in [-0.05, 0) is 56.6 Å². The van der Waals surface area contributed by atoms with E-state index < -0.39 is 0 Å². The molecule has 3 aliphatic heterocycles. The molecule has 3 aliphatic rings. The first kappa shape index (κ1) is 20.7. The van der Waals surface area contributed by atoms with E-state index in [0.717, 1.165) is 88.1 Å². The summed E-state index contributed by atoms with van der Waals surface area (Å²) in [6.07, 6.45) is 10.5. The van der Waals surface area contributed by atoms with Gasteiger partial charge in [0.15, 0.2) is 0 Å². The van der Waals surface area contributed by atoms with Gasteiger partial charge in [-0.25, -0.2) is 9.97 Å². The van der Waals surface area contributed by atoms with E-state index in [1.807, 2.05) is 6.07 Å². The Bertz CT molecular complexity index is 885. The van der Waals surface area contributed by atoms with Crippen LogP contribution in [0.15, 0.2) is 30.6 Å². The van der Waals surface area contributed by atoms with Crippen LogP contribution in [0.1, 0.15) is 51.4 Å². The number of ether oxygens (including phenoxy) is 1. The van der Waals surface area contributed by atoms with Crippen molar-refractivity contribution in [1.82, 2.24) is 14.9 Å². The van der Waals surface area contributed by atoms with Gasteiger partial charge in [0.1, 0.15) is 12.1 Å². The molecule has 0 bridgehead atoms. The molecule has 166 valence electrons. The minimum Gasteiger partial charge on any atom is -0.381 e. The van der Waals surface area contributed by atoms with Crippen LogP contribution in [0, 0.1) is 11.8 Å². The summed E-state index contributed by atoms with van der Waals surface area (Å²) < 4.78 is 5.50. The summed E-state index contributed by atoms with van der Waals surface area (Å²) in [5.74, 6) is 2.22. The zero-order valence-electron chi connectivity index (χ0n) is 18.4. The quantitative estimate of drug-likeness (QED) is 0.747. The van der Waals surface area contributed by atoms with Gasteiger partial charge in [-0.15, -0.1) is 0 Å². The molecule has 3 saturated heterocycles. The number of anilines is 1. The van der Waals surface area contributed by atoms with E-state index in [2.05, 4.69) is 38.0 Å². The molecule has 5 rings (SSSR count). The number of carbonyl (C=O) groups excluding carboxylic acids is 1. The van der Waals surface area contributed by atoms with E-state index in [9.17, 15) is 4.79 Å². The van der Waals surface area contributed by atoms with Crippen molar-refractivity contribution >= 4 is 22.6 Å². The molecule has 6 nitrogen and oxygen atoms in total. The molecule has 0 saturated carbocycles. The van der Waals surface area contributed by atoms with E-state index >= 15 is 0 Å². The molecule has 1 atom stereocenters. The summed E-state index contributed by atoms with van der Waals surface area (Å²) in [7, 11) is 0. The number of benzene rings is 1. The van der Waals surface area contributed by atoms with Gasteiger partial charge in [0.05, 0.1) is 5.52 Å². The molecule has 2 aromatic rings. The summed E-state index contributed by atoms with van der Waals surface area (Å²) >= 11 is 0. The van der Waals surface area contributed by atoms with Gasteiger partial charge in [0.25, 0.3) is 0 Å². The third-order valence-electron chi connectivity index (χ3n) is 7.56. The van der Waals surface area contributed by atoms with Gasteiger partial charge >= 0.3 is 0 Å². The summed E-state index contributed by atoms with van der Waals surface area (Å²) in [6, 6.07) is 8.67. The average molecular weight is 423 g/mol. The van der Waals surface area contributed by atoms with Crippen LogP contribution in [0.25, 0.3) is 10.9 Å². The van der Waals surface area contributed by atoms with Crippen molar-refractivity contribution < 1.29 is 9.53 Å². The minimum atomic E-state index is 0.168. The van der Waals surface area contributed by atoms with Gasteiger partial charge in [-0.3, -0.25) is 4.79 Å². The van der Waals surface area contributed by atoms with Gasteiger partial charge in [-0.2, -0.15) is 0 Å². The molecule has 0 N–H and O–H groups in total. The maximum Gasteiger partial charge on any atom is 0.226 e. The fourth-order valence-electron chi connectivity index (χ4n) is 5.82. The van der Waals surface area contributed by atoms with Gasteiger partial charge < -0.3 is 14.5 Å². The first-order chi connectivity index (χ1) is 15.3. The number of aromatic nitrogens is 2. The van der Waals surface area contributed by atoms with E-state index in [1.54, 1.807) is 6.33 Å². The zero-order valence-corrected chi connectivity index (χ0v) is 18.4. The Kier molecular flexibility index (Phi) is 6.35. The van der Waals surface area contributed by atoms with E-state index in [1.165, 1.54) is 12.8 Å². The molecule has 1 amide bonds. The van der Waals surface area contributed by atoms with Crippen molar-refractivity contribution in [2.45, 2.75) is 57.4 Å². The molecule has 31 heavy (non-hydrogen) atoms. The van der Waals surface area contributed by atoms with Crippen molar-refractivity contribution in [2.75, 3.05) is 37.7 Å². The van der Waals surface area contributed by atoms with Crippen LogP contribution in [-0.2, 0) is 9.53 Å². The fourth-order valence-corrected chi connectivity index (χ4v) is 5.82. The lowest BCUT2D eigenvalue weighted by atomic mass is 9.85. The Morgan fingerprint density at radius 2 is 1.71 bits per heavy atom. The Balaban J connectivity index is 1.29. The maximum absolute atomic E-state index is 13.4. The van der Waals surface area contributed by atoms with Gasteiger partial charge in [0.2, 0.25) is 5.91 Å². The number of rotatable bonds is 3. The topological polar surface area (TPSA) is 58.6 Å². The van der Waals surface area contributed by atoms with Crippen LogP contribution in [-0.4, -0.2) is 59.7 Å². The molecule has 6 heteroatoms. The third kappa shape index (κ3) is 4.40. The molecular weight excluding hydrogens is 388 g/mol. The monoisotopic (exact) mass is 422 g/mol. The molecule has 4 heterocycles. The summed E-state index contributed by atoms with van der Waals surface area (Å²) in [5, 5.41) is 1.13. The number of nitrogens with zero attached hydrogens (tertiary/aromatic N) is 4. The summed E-state index contributed by atoms with van der Waals surface area (Å²) in [5.41, 5.74) is 1.01. The molecule has 0 spiro atoms. The molecule has 0 aliphatic carbocycles. The largest absolute Gasteiger partial charge is 0.381 e. The highest BCUT2D eigenvalue weighted by atomic mass is 16.5. The summed E-state index contributed by atoms with van der Waals surface area (Å²) in [6.45, 7) is 4.42. The number of hydrogen-bond acceptors (Lipinski definition) is 5. The van der Waals surface area contributed by atoms with E-state index in [-0.39, 0.29) is 5.92 Å². The lowest BCUT2D eigenvalue weighted by molar-refractivity contribution is -0.142. The van der Waals surface area contributed by atoms with Crippen LogP contribution < -0.4 is 4.90 Å². The normalized spacial score (nSPS) is 24.3. The highest BCUT2D eigenvalue weighted by molar-refractivity contribution is 5.89. The first-order valence-corrected chi connectivity index (χ1v) is 12.1. The van der Waals surface area contributed by atoms with Crippen molar-refractivity contribution in [1.29, 1.82) is 0 Å². The lowest BCUT2D eigenvalue weighted by Gasteiger charge is -2.42. The van der Waals surface area contributed by atoms with Crippen LogP contribution in [0.4, 0.5) is 5.82 Å². The van der Waals surface area contributed by atoms with Crippen LogP contribution in [0.5, 0.6) is 0 Å². The third-order valence-corrected chi connectivity index (χ3v) is 7.56. The summed E-state index contributed by atoms with van der Waals surface area (Å²) in [4.78, 5) is 27.2. The van der Waals surface area contributed by atoms with Gasteiger partial charge in [0, 0.05) is 50.2 Å². The Labute approximate surface area is 185 Å². The Morgan fingerprint density at radius 3 is 2.55 bits per heavy atom. The van der Waals surface area contributed by atoms with Gasteiger partial charge in [-0.1, -0.05) is 25.0 Å². The van der Waals surface area contributed by atoms with Crippen LogP contribution in [0.2, 0.25) is 0 Å². The fraction of sp³-hybridized carbons (Fsp3) is 0.640. The van der Waals surface area contributed by atoms with Crippen molar-refractivity contribution in [3.63, 3.8) is 0 Å². The highest BCUT2D eigenvalue weighted by Crippen LogP contribution is 2.34. The van der Waals surface area contributed by atoms with Crippen LogP contribution in [0.3, 0.4) is 0 Å². The Morgan fingerprint density at radius 1 is 0.903 bits per heavy atom. The van der Waals surface area contributed by atoms with Crippen molar-refractivity contribution in [2.24, 2.45) is 11.8 Å². The number of likely N-dealkylation sites (tertiary alicyclic amines) is 1. The predicted molar refractivity (Wildman–Crippen MR) is 122 cm³/mol. The number of amides is 1. The minimum absolute atomic E-state index is 0.168. The molecule has 1 unspecified atom stereocenters. The second kappa shape index (κ2) is 9.51. The SMILES string of the molecule is O=C(C1CCOCC1)N1CCCCCC1C1CCN(c2ncnc3ccccc23)CC1. The van der Waals surface area contributed by atoms with Crippen molar-refractivity contribution in [3.05, 3.63) is 30.6 Å². The number of piperidine rings is 1. The van der Waals surface area contributed by atoms with Crippen molar-refractivity contribution in [3.8, 4) is 0 Å². The highest BCUT2D eigenvalue weighted by Gasteiger charge is 2.37. The van der Waals surface area contributed by atoms with Crippen LogP contribution >= 0.6 is 0 Å². The Hall–Kier alpha value is -2.21. The number of carbonyl (C=O) groups is 1. The smallest absolute Gasteiger partial charge is 0.226 e. The number of para-hydroxylation sites is 1. The molecule has 1 aromatic heterocycles. The standard InChI is InChI=1S/C25H34N4O2/c30-25(20-11-16-31-17-12-20)29-13-5-1-2-8-23(29)19-9-14-28(15-10-19)24-21-6-3-4-7-22(21)26-18-27-24/h3-4,6-7,18-20,23H,1-2,5,8-17H2. The van der Waals surface area contributed by atoms with E-state index in [4.69, 9.17) is 4.74 Å². The predicted octanol–water partition coefficient (Wildman–Crippen LogP) is 4.04. The lowest BCUT2D eigenvalue weighted by Crippen LogP contribution is -2.50. The molecule has 3 fully saturated rings. The zero-order chi connectivity index (χ0) is 21.0.